The van der Waals surface area contributed by atoms with Crippen molar-refractivity contribution in [3.63, 3.8) is 0 Å². The first-order valence-corrected chi connectivity index (χ1v) is 11.3. The van der Waals surface area contributed by atoms with E-state index in [-0.39, 0.29) is 11.8 Å². The number of benzene rings is 2. The highest BCUT2D eigenvalue weighted by molar-refractivity contribution is 7.89. The first-order chi connectivity index (χ1) is 14.4. The summed E-state index contributed by atoms with van der Waals surface area (Å²) in [5.74, 6) is 0.304. The van der Waals surface area contributed by atoms with Gasteiger partial charge in [-0.25, -0.2) is 13.2 Å². The summed E-state index contributed by atoms with van der Waals surface area (Å²) < 4.78 is 38.1. The first-order valence-electron chi connectivity index (χ1n) is 9.81. The molecule has 0 N–H and O–H groups in total. The third-order valence-corrected chi connectivity index (χ3v) is 7.50. The average molecular weight is 429 g/mol. The second kappa shape index (κ2) is 8.22. The van der Waals surface area contributed by atoms with E-state index < -0.39 is 16.0 Å². The van der Waals surface area contributed by atoms with Crippen LogP contribution in [0.1, 0.15) is 29.3 Å². The van der Waals surface area contributed by atoms with Crippen LogP contribution in [0.3, 0.4) is 0 Å². The van der Waals surface area contributed by atoms with E-state index in [1.54, 1.807) is 24.3 Å². The molecule has 0 amide bonds. The number of rotatable bonds is 5. The normalized spacial score (nSPS) is 17.1. The Labute approximate surface area is 175 Å². The van der Waals surface area contributed by atoms with Crippen LogP contribution in [-0.4, -0.2) is 56.9 Å². The molecule has 1 aromatic heterocycles. The number of furan rings is 1. The molecule has 30 heavy (non-hydrogen) atoms. The number of ether oxygens (including phenoxy) is 1. The number of carbonyl (C=O) groups excluding carboxylic acids is 1. The molecule has 1 saturated heterocycles. The fourth-order valence-electron chi connectivity index (χ4n) is 3.78. The lowest BCUT2D eigenvalue weighted by Gasteiger charge is -2.36. The zero-order chi connectivity index (χ0) is 21.3. The van der Waals surface area contributed by atoms with Crippen LogP contribution in [-0.2, 0) is 14.8 Å². The fraction of sp³-hybridized carbons (Fsp3) is 0.318. The van der Waals surface area contributed by atoms with Gasteiger partial charge in [-0.05, 0) is 42.0 Å². The maximum Gasteiger partial charge on any atom is 0.373 e. The summed E-state index contributed by atoms with van der Waals surface area (Å²) in [7, 11) is -2.25. The quantitative estimate of drug-likeness (QED) is 0.580. The summed E-state index contributed by atoms with van der Waals surface area (Å²) in [4.78, 5) is 14.1. The van der Waals surface area contributed by atoms with Crippen LogP contribution in [0.2, 0.25) is 0 Å². The van der Waals surface area contributed by atoms with E-state index in [9.17, 15) is 13.2 Å². The first kappa shape index (κ1) is 20.6. The lowest BCUT2D eigenvalue weighted by molar-refractivity contribution is 0.0556. The zero-order valence-electron chi connectivity index (χ0n) is 16.9. The summed E-state index contributed by atoms with van der Waals surface area (Å²) in [6, 6.07) is 16.2. The van der Waals surface area contributed by atoms with E-state index in [1.165, 1.54) is 11.4 Å². The van der Waals surface area contributed by atoms with Gasteiger partial charge in [0, 0.05) is 26.2 Å². The Balaban J connectivity index is 1.45. The van der Waals surface area contributed by atoms with E-state index in [0.29, 0.717) is 36.8 Å². The van der Waals surface area contributed by atoms with Gasteiger partial charge in [-0.3, -0.25) is 4.90 Å². The Morgan fingerprint density at radius 1 is 1.00 bits per heavy atom. The Morgan fingerprint density at radius 3 is 2.40 bits per heavy atom. The van der Waals surface area contributed by atoms with Crippen molar-refractivity contribution in [1.29, 1.82) is 0 Å². The van der Waals surface area contributed by atoms with Crippen LogP contribution < -0.4 is 0 Å². The number of hydrogen-bond donors (Lipinski definition) is 0. The van der Waals surface area contributed by atoms with Gasteiger partial charge < -0.3 is 9.15 Å². The smallest absolute Gasteiger partial charge is 0.373 e. The number of esters is 1. The van der Waals surface area contributed by atoms with Crippen molar-refractivity contribution in [3.05, 3.63) is 66.1 Å². The maximum absolute atomic E-state index is 13.1. The van der Waals surface area contributed by atoms with Crippen LogP contribution in [0.4, 0.5) is 0 Å². The molecule has 1 atom stereocenters. The predicted molar refractivity (Wildman–Crippen MR) is 113 cm³/mol. The maximum atomic E-state index is 13.1. The van der Waals surface area contributed by atoms with Gasteiger partial charge in [0.2, 0.25) is 15.8 Å². The van der Waals surface area contributed by atoms with Gasteiger partial charge in [-0.15, -0.1) is 0 Å². The summed E-state index contributed by atoms with van der Waals surface area (Å²) in [6.45, 7) is 3.91. The molecule has 3 aromatic rings. The summed E-state index contributed by atoms with van der Waals surface area (Å²) in [5, 5.41) is 1.92. The van der Waals surface area contributed by atoms with Crippen molar-refractivity contribution >= 4 is 26.8 Å². The molecule has 0 bridgehead atoms. The van der Waals surface area contributed by atoms with Crippen molar-refractivity contribution in [3.8, 4) is 0 Å². The van der Waals surface area contributed by atoms with Crippen LogP contribution in [0.15, 0.2) is 63.9 Å². The molecule has 0 saturated carbocycles. The van der Waals surface area contributed by atoms with Crippen molar-refractivity contribution in [2.75, 3.05) is 33.3 Å². The van der Waals surface area contributed by atoms with Gasteiger partial charge in [-0.1, -0.05) is 30.3 Å². The van der Waals surface area contributed by atoms with Crippen molar-refractivity contribution in [1.82, 2.24) is 9.21 Å². The highest BCUT2D eigenvalue weighted by Gasteiger charge is 2.31. The minimum absolute atomic E-state index is 0.0751. The molecule has 1 aliphatic heterocycles. The second-order valence-electron chi connectivity index (χ2n) is 7.32. The third kappa shape index (κ3) is 3.86. The average Bonchev–Trinajstić information content (AvgIpc) is 3.28. The fourth-order valence-corrected chi connectivity index (χ4v) is 5.23. The summed E-state index contributed by atoms with van der Waals surface area (Å²) in [6.07, 6.45) is 0. The number of nitrogens with zero attached hydrogens (tertiary/aromatic N) is 2. The number of sulfonamides is 1. The lowest BCUT2D eigenvalue weighted by Crippen LogP contribution is -2.49. The Morgan fingerprint density at radius 2 is 1.70 bits per heavy atom. The molecule has 0 aliphatic carbocycles. The van der Waals surface area contributed by atoms with Crippen LogP contribution >= 0.6 is 0 Å². The minimum atomic E-state index is -3.56. The number of carbonyl (C=O) groups is 1. The molecule has 8 heteroatoms. The van der Waals surface area contributed by atoms with E-state index in [1.807, 2.05) is 37.3 Å². The number of fused-ring (bicyclic) bond motifs is 1. The Bertz CT molecular complexity index is 1160. The van der Waals surface area contributed by atoms with Crippen molar-refractivity contribution < 1.29 is 22.4 Å². The number of methoxy groups -OCH3 is 1. The van der Waals surface area contributed by atoms with Gasteiger partial charge in [0.25, 0.3) is 0 Å². The van der Waals surface area contributed by atoms with Gasteiger partial charge in [0.05, 0.1) is 18.0 Å². The molecule has 2 heterocycles. The SMILES string of the molecule is COC(=O)c1ccc([C@H](C)N2CCN(S(=O)(=O)c3ccc4ccccc4c3)CC2)o1. The standard InChI is InChI=1S/C22H24N2O5S/c1-16(20-9-10-21(29-20)22(25)28-2)23-11-13-24(14-12-23)30(26,27)19-8-7-17-5-3-4-6-18(17)15-19/h3-10,15-16H,11-14H2,1-2H3/t16-/m0/s1. The minimum Gasteiger partial charge on any atom is -0.463 e. The van der Waals surface area contributed by atoms with Crippen molar-refractivity contribution in [2.45, 2.75) is 17.9 Å². The molecule has 0 spiro atoms. The van der Waals surface area contributed by atoms with Gasteiger partial charge in [0.15, 0.2) is 0 Å². The molecule has 2 aromatic carbocycles. The van der Waals surface area contributed by atoms with Gasteiger partial charge in [-0.2, -0.15) is 4.31 Å². The summed E-state index contributed by atoms with van der Waals surface area (Å²) >= 11 is 0. The van der Waals surface area contributed by atoms with Gasteiger partial charge >= 0.3 is 5.97 Å². The molecule has 0 radical (unpaired) electrons. The predicted octanol–water partition coefficient (Wildman–Crippen LogP) is 3.29. The van der Waals surface area contributed by atoms with E-state index in [2.05, 4.69) is 9.64 Å². The molecule has 4 rings (SSSR count). The van der Waals surface area contributed by atoms with Gasteiger partial charge in [0.1, 0.15) is 5.76 Å². The Kier molecular flexibility index (Phi) is 5.64. The molecule has 1 aliphatic rings. The molecule has 1 fully saturated rings. The highest BCUT2D eigenvalue weighted by Crippen LogP contribution is 2.27. The second-order valence-corrected chi connectivity index (χ2v) is 9.26. The molecule has 158 valence electrons. The van der Waals surface area contributed by atoms with Crippen molar-refractivity contribution in [2.24, 2.45) is 0 Å². The van der Waals surface area contributed by atoms with E-state index >= 15 is 0 Å². The van der Waals surface area contributed by atoms with E-state index in [4.69, 9.17) is 4.42 Å². The Hall–Kier alpha value is -2.68. The molecule has 7 nitrogen and oxygen atoms in total. The van der Waals surface area contributed by atoms with E-state index in [0.717, 1.165) is 10.8 Å². The molecular weight excluding hydrogens is 404 g/mol. The summed E-state index contributed by atoms with van der Waals surface area (Å²) in [5.41, 5.74) is 0. The molecule has 0 unspecified atom stereocenters. The van der Waals surface area contributed by atoms with Crippen LogP contribution in [0, 0.1) is 0 Å². The number of piperazine rings is 1. The van der Waals surface area contributed by atoms with Crippen LogP contribution in [0.5, 0.6) is 0 Å². The largest absolute Gasteiger partial charge is 0.463 e. The monoisotopic (exact) mass is 428 g/mol. The van der Waals surface area contributed by atoms with Crippen LogP contribution in [0.25, 0.3) is 10.8 Å². The molecular formula is C22H24N2O5S. The topological polar surface area (TPSA) is 80.1 Å². The highest BCUT2D eigenvalue weighted by atomic mass is 32.2. The third-order valence-electron chi connectivity index (χ3n) is 5.60. The lowest BCUT2D eigenvalue weighted by atomic mass is 10.1. The zero-order valence-corrected chi connectivity index (χ0v) is 17.8. The number of hydrogen-bond acceptors (Lipinski definition) is 6.